The Balaban J connectivity index is 3.10. The van der Waals surface area contributed by atoms with Crippen molar-refractivity contribution in [3.05, 3.63) is 47.2 Å². The van der Waals surface area contributed by atoms with Gasteiger partial charge in [0.25, 0.3) is 0 Å². The van der Waals surface area contributed by atoms with E-state index in [-0.39, 0.29) is 12.4 Å². The highest BCUT2D eigenvalue weighted by atomic mass is 16.5. The van der Waals surface area contributed by atoms with Crippen molar-refractivity contribution in [2.75, 3.05) is 13.7 Å². The van der Waals surface area contributed by atoms with Crippen LogP contribution in [0.3, 0.4) is 0 Å². The Hall–Kier alpha value is -2.28. The molecule has 0 spiro atoms. The lowest BCUT2D eigenvalue weighted by molar-refractivity contribution is -0.144. The van der Waals surface area contributed by atoms with Crippen LogP contribution in [0.15, 0.2) is 36.1 Å². The molecule has 1 rings (SSSR count). The zero-order valence-corrected chi connectivity index (χ0v) is 12.1. The van der Waals surface area contributed by atoms with Gasteiger partial charge in [-0.15, -0.1) is 0 Å². The summed E-state index contributed by atoms with van der Waals surface area (Å²) < 4.78 is 9.99. The molecule has 0 amide bonds. The molecule has 1 unspecified atom stereocenters. The summed E-state index contributed by atoms with van der Waals surface area (Å²) in [6, 6.07) is 9.66. The van der Waals surface area contributed by atoms with Crippen molar-refractivity contribution < 1.29 is 14.3 Å². The summed E-state index contributed by atoms with van der Waals surface area (Å²) in [5.74, 6) is -0.809. The minimum absolute atomic E-state index is 0.272. The van der Waals surface area contributed by atoms with Crippen LogP contribution in [-0.4, -0.2) is 19.7 Å². The van der Waals surface area contributed by atoms with Gasteiger partial charge in [0.15, 0.2) is 0 Å². The SMILES string of the molecule is CCOC(=O)C(C/C(C#N)=C/OC)c1ccccc1C. The van der Waals surface area contributed by atoms with Crippen LogP contribution in [0.1, 0.15) is 30.4 Å². The Morgan fingerprint density at radius 1 is 1.45 bits per heavy atom. The molecule has 0 aliphatic rings. The molecule has 0 saturated carbocycles. The van der Waals surface area contributed by atoms with E-state index in [1.165, 1.54) is 13.4 Å². The summed E-state index contributed by atoms with van der Waals surface area (Å²) in [6.07, 6.45) is 1.64. The van der Waals surface area contributed by atoms with Crippen molar-refractivity contribution >= 4 is 5.97 Å². The number of carbonyl (C=O) groups is 1. The third-order valence-corrected chi connectivity index (χ3v) is 2.96. The van der Waals surface area contributed by atoms with Crippen LogP contribution in [0.4, 0.5) is 0 Å². The Morgan fingerprint density at radius 3 is 2.70 bits per heavy atom. The van der Waals surface area contributed by atoms with Crippen molar-refractivity contribution in [2.45, 2.75) is 26.2 Å². The highest BCUT2D eigenvalue weighted by Gasteiger charge is 2.24. The third-order valence-electron chi connectivity index (χ3n) is 2.96. The molecular weight excluding hydrogens is 254 g/mol. The molecule has 20 heavy (non-hydrogen) atoms. The standard InChI is InChI=1S/C16H19NO3/c1-4-20-16(18)15(9-13(10-17)11-19-3)14-8-6-5-7-12(14)2/h5-8,11,15H,4,9H2,1-3H3/b13-11-. The number of aryl methyl sites for hydroxylation is 1. The molecule has 106 valence electrons. The Labute approximate surface area is 119 Å². The van der Waals surface area contributed by atoms with Gasteiger partial charge in [0, 0.05) is 6.42 Å². The lowest BCUT2D eigenvalue weighted by Crippen LogP contribution is -2.17. The molecule has 0 aliphatic heterocycles. The quantitative estimate of drug-likeness (QED) is 0.454. The van der Waals surface area contributed by atoms with E-state index in [0.29, 0.717) is 12.2 Å². The van der Waals surface area contributed by atoms with E-state index in [1.807, 2.05) is 37.3 Å². The van der Waals surface area contributed by atoms with Crippen LogP contribution in [0, 0.1) is 18.3 Å². The normalized spacial score (nSPS) is 12.4. The first-order valence-electron chi connectivity index (χ1n) is 6.48. The van der Waals surface area contributed by atoms with Gasteiger partial charge in [0.2, 0.25) is 0 Å². The van der Waals surface area contributed by atoms with E-state index in [2.05, 4.69) is 0 Å². The fraction of sp³-hybridized carbons (Fsp3) is 0.375. The van der Waals surface area contributed by atoms with Crippen molar-refractivity contribution in [3.8, 4) is 6.07 Å². The number of hydrogen-bond acceptors (Lipinski definition) is 4. The molecule has 0 heterocycles. The summed E-state index contributed by atoms with van der Waals surface area (Å²) in [5.41, 5.74) is 2.29. The predicted octanol–water partition coefficient (Wildman–Crippen LogP) is 3.09. The predicted molar refractivity (Wildman–Crippen MR) is 75.9 cm³/mol. The van der Waals surface area contributed by atoms with Crippen molar-refractivity contribution in [2.24, 2.45) is 0 Å². The maximum absolute atomic E-state index is 12.2. The summed E-state index contributed by atoms with van der Waals surface area (Å²) in [5, 5.41) is 9.08. The van der Waals surface area contributed by atoms with Crippen LogP contribution in [0.25, 0.3) is 0 Å². The first kappa shape index (κ1) is 15.8. The smallest absolute Gasteiger partial charge is 0.313 e. The van der Waals surface area contributed by atoms with Gasteiger partial charge in [0.1, 0.15) is 0 Å². The molecule has 0 fully saturated rings. The summed E-state index contributed by atoms with van der Waals surface area (Å²) in [7, 11) is 1.48. The highest BCUT2D eigenvalue weighted by molar-refractivity contribution is 5.79. The van der Waals surface area contributed by atoms with E-state index in [1.54, 1.807) is 6.92 Å². The minimum atomic E-state index is -0.489. The lowest BCUT2D eigenvalue weighted by Gasteiger charge is -2.17. The van der Waals surface area contributed by atoms with Crippen molar-refractivity contribution in [3.63, 3.8) is 0 Å². The van der Waals surface area contributed by atoms with E-state index >= 15 is 0 Å². The van der Waals surface area contributed by atoms with Gasteiger partial charge >= 0.3 is 5.97 Å². The van der Waals surface area contributed by atoms with Crippen molar-refractivity contribution in [1.82, 2.24) is 0 Å². The second-order valence-electron chi connectivity index (χ2n) is 4.36. The van der Waals surface area contributed by atoms with Gasteiger partial charge < -0.3 is 9.47 Å². The average molecular weight is 273 g/mol. The summed E-state index contributed by atoms with van der Waals surface area (Å²) >= 11 is 0. The lowest BCUT2D eigenvalue weighted by atomic mass is 9.89. The number of allylic oxidation sites excluding steroid dienone is 1. The Bertz CT molecular complexity index is 529. The largest absolute Gasteiger partial charge is 0.503 e. The van der Waals surface area contributed by atoms with Gasteiger partial charge in [-0.05, 0) is 25.0 Å². The van der Waals surface area contributed by atoms with E-state index in [9.17, 15) is 4.79 Å². The number of carbonyl (C=O) groups excluding carboxylic acids is 1. The van der Waals surface area contributed by atoms with Crippen LogP contribution < -0.4 is 0 Å². The second kappa shape index (κ2) is 8.00. The molecule has 0 saturated heterocycles. The summed E-state index contributed by atoms with van der Waals surface area (Å²) in [6.45, 7) is 4.02. The molecule has 4 heteroatoms. The molecule has 1 atom stereocenters. The molecular formula is C16H19NO3. The number of ether oxygens (including phenoxy) is 2. The Morgan fingerprint density at radius 2 is 2.15 bits per heavy atom. The molecule has 0 aromatic heterocycles. The first-order chi connectivity index (χ1) is 9.63. The molecule has 1 aromatic rings. The number of nitriles is 1. The minimum Gasteiger partial charge on any atom is -0.503 e. The number of nitrogens with zero attached hydrogens (tertiary/aromatic N) is 1. The average Bonchev–Trinajstić information content (AvgIpc) is 2.44. The molecule has 0 aliphatic carbocycles. The monoisotopic (exact) mass is 273 g/mol. The first-order valence-corrected chi connectivity index (χ1v) is 6.48. The number of hydrogen-bond donors (Lipinski definition) is 0. The molecule has 0 bridgehead atoms. The molecule has 0 N–H and O–H groups in total. The fourth-order valence-electron chi connectivity index (χ4n) is 2.02. The Kier molecular flexibility index (Phi) is 6.31. The number of esters is 1. The van der Waals surface area contributed by atoms with Crippen molar-refractivity contribution in [1.29, 1.82) is 5.26 Å². The maximum atomic E-state index is 12.2. The zero-order valence-electron chi connectivity index (χ0n) is 12.1. The topological polar surface area (TPSA) is 59.3 Å². The van der Waals surface area contributed by atoms with Gasteiger partial charge in [-0.25, -0.2) is 0 Å². The number of rotatable bonds is 6. The maximum Gasteiger partial charge on any atom is 0.313 e. The van der Waals surface area contributed by atoms with Gasteiger partial charge in [-0.1, -0.05) is 24.3 Å². The van der Waals surface area contributed by atoms with Crippen LogP contribution in [0.5, 0.6) is 0 Å². The molecule has 4 nitrogen and oxygen atoms in total. The van der Waals surface area contributed by atoms with E-state index in [4.69, 9.17) is 14.7 Å². The van der Waals surface area contributed by atoms with Gasteiger partial charge in [-0.3, -0.25) is 4.79 Å². The second-order valence-corrected chi connectivity index (χ2v) is 4.36. The summed E-state index contributed by atoms with van der Waals surface area (Å²) in [4.78, 5) is 12.2. The highest BCUT2D eigenvalue weighted by Crippen LogP contribution is 2.27. The zero-order chi connectivity index (χ0) is 15.0. The number of methoxy groups -OCH3 is 1. The third kappa shape index (κ3) is 4.13. The van der Waals surface area contributed by atoms with Crippen LogP contribution in [-0.2, 0) is 14.3 Å². The van der Waals surface area contributed by atoms with Gasteiger partial charge in [-0.2, -0.15) is 5.26 Å². The van der Waals surface area contributed by atoms with Crippen LogP contribution >= 0.6 is 0 Å². The fourth-order valence-corrected chi connectivity index (χ4v) is 2.02. The van der Waals surface area contributed by atoms with Crippen LogP contribution in [0.2, 0.25) is 0 Å². The van der Waals surface area contributed by atoms with Gasteiger partial charge in [0.05, 0.1) is 37.5 Å². The van der Waals surface area contributed by atoms with E-state index < -0.39 is 5.92 Å². The number of benzene rings is 1. The van der Waals surface area contributed by atoms with E-state index in [0.717, 1.165) is 11.1 Å². The molecule has 1 aromatic carbocycles. The molecule has 0 radical (unpaired) electrons.